The number of carboxylic acid groups (broad SMARTS) is 1. The normalized spacial score (nSPS) is 20.4. The van der Waals surface area contributed by atoms with Crippen LogP contribution in [-0.4, -0.2) is 47.9 Å². The molecule has 0 spiro atoms. The molecule has 0 radical (unpaired) electrons. The molecule has 6 nitrogen and oxygen atoms in total. The molecule has 2 aliphatic rings. The minimum absolute atomic E-state index is 0.0415. The van der Waals surface area contributed by atoms with E-state index in [1.807, 2.05) is 45.0 Å². The highest BCUT2D eigenvalue weighted by atomic mass is 16.6. The average molecular weight is 423 g/mol. The number of rotatable bonds is 5. The fraction of sp³-hybridized carbons (Fsp3) is 0.440. The van der Waals surface area contributed by atoms with Crippen molar-refractivity contribution in [2.75, 3.05) is 13.2 Å². The Morgan fingerprint density at radius 1 is 1.03 bits per heavy atom. The van der Waals surface area contributed by atoms with Crippen LogP contribution >= 0.6 is 0 Å². The van der Waals surface area contributed by atoms with Gasteiger partial charge in [-0.05, 0) is 49.4 Å². The highest BCUT2D eigenvalue weighted by Crippen LogP contribution is 2.44. The first kappa shape index (κ1) is 21.4. The molecular formula is C25H28NO5-. The first-order valence-electron chi connectivity index (χ1n) is 10.7. The number of carbonyl (C=O) groups is 2. The number of carbonyl (C=O) groups excluding carboxylic acids is 2. The van der Waals surface area contributed by atoms with Gasteiger partial charge in [0.15, 0.2) is 0 Å². The zero-order valence-corrected chi connectivity index (χ0v) is 18.2. The van der Waals surface area contributed by atoms with Crippen molar-refractivity contribution in [3.05, 3.63) is 59.7 Å². The zero-order chi connectivity index (χ0) is 22.2. The third-order valence-electron chi connectivity index (χ3n) is 5.87. The second-order valence-corrected chi connectivity index (χ2v) is 9.27. The van der Waals surface area contributed by atoms with Gasteiger partial charge in [-0.2, -0.15) is 0 Å². The molecule has 2 atom stereocenters. The molecule has 1 amide bonds. The van der Waals surface area contributed by atoms with Crippen molar-refractivity contribution in [1.29, 1.82) is 0 Å². The minimum Gasteiger partial charge on any atom is -0.550 e. The fourth-order valence-electron chi connectivity index (χ4n) is 4.75. The van der Waals surface area contributed by atoms with Gasteiger partial charge in [-0.15, -0.1) is 0 Å². The molecule has 1 saturated heterocycles. The van der Waals surface area contributed by atoms with Crippen LogP contribution in [0.2, 0.25) is 0 Å². The molecule has 0 saturated carbocycles. The summed E-state index contributed by atoms with van der Waals surface area (Å²) in [5.41, 5.74) is 4.22. The van der Waals surface area contributed by atoms with Crippen molar-refractivity contribution < 1.29 is 24.2 Å². The monoisotopic (exact) mass is 422 g/mol. The quantitative estimate of drug-likeness (QED) is 0.739. The first-order valence-corrected chi connectivity index (χ1v) is 10.7. The number of carboxylic acids is 1. The van der Waals surface area contributed by atoms with Crippen LogP contribution < -0.4 is 5.11 Å². The lowest BCUT2D eigenvalue weighted by Crippen LogP contribution is -2.40. The Morgan fingerprint density at radius 3 is 2.16 bits per heavy atom. The molecule has 1 aliphatic heterocycles. The standard InChI is InChI=1S/C25H29NO5/c1-25(2,3)31-17-12-16(13-23(27)28)26(14-17)24(29)30-15-22-20-10-6-4-8-18(20)19-9-5-7-11-21(19)22/h4-11,16-17,22H,12-15H2,1-3H3,(H,27,28)/p-1/t16-,17-/m1/s1. The van der Waals surface area contributed by atoms with E-state index in [0.29, 0.717) is 13.0 Å². The van der Waals surface area contributed by atoms with Gasteiger partial charge in [-0.3, -0.25) is 0 Å². The summed E-state index contributed by atoms with van der Waals surface area (Å²) in [6.07, 6.45) is -0.512. The minimum atomic E-state index is -1.18. The summed E-state index contributed by atoms with van der Waals surface area (Å²) in [7, 11) is 0. The summed E-state index contributed by atoms with van der Waals surface area (Å²) in [4.78, 5) is 25.7. The average Bonchev–Trinajstić information content (AvgIpc) is 3.23. The number of hydrogen-bond donors (Lipinski definition) is 0. The van der Waals surface area contributed by atoms with Crippen molar-refractivity contribution in [2.24, 2.45) is 0 Å². The van der Waals surface area contributed by atoms with Crippen molar-refractivity contribution in [2.45, 2.75) is 57.3 Å². The second kappa shape index (κ2) is 8.35. The Labute approximate surface area is 182 Å². The SMILES string of the molecule is CC(C)(C)O[C@@H]1C[C@H](CC(=O)[O-])N(C(=O)OCC2c3ccccc3-c3ccccc32)C1. The second-order valence-electron chi connectivity index (χ2n) is 9.27. The molecule has 0 bridgehead atoms. The lowest BCUT2D eigenvalue weighted by Gasteiger charge is -2.26. The van der Waals surface area contributed by atoms with Crippen molar-refractivity contribution in [1.82, 2.24) is 4.90 Å². The van der Waals surface area contributed by atoms with Gasteiger partial charge in [0.2, 0.25) is 0 Å². The lowest BCUT2D eigenvalue weighted by molar-refractivity contribution is -0.306. The van der Waals surface area contributed by atoms with Gasteiger partial charge >= 0.3 is 6.09 Å². The predicted octanol–water partition coefficient (Wildman–Crippen LogP) is 3.33. The number of hydrogen-bond acceptors (Lipinski definition) is 5. The molecule has 0 N–H and O–H groups in total. The van der Waals surface area contributed by atoms with Crippen LogP contribution in [0, 0.1) is 0 Å². The first-order chi connectivity index (χ1) is 14.7. The van der Waals surface area contributed by atoms with Gasteiger partial charge in [-0.1, -0.05) is 48.5 Å². The molecule has 1 aliphatic carbocycles. The maximum absolute atomic E-state index is 13.0. The third-order valence-corrected chi connectivity index (χ3v) is 5.87. The maximum atomic E-state index is 13.0. The van der Waals surface area contributed by atoms with Gasteiger partial charge in [0.05, 0.1) is 18.2 Å². The summed E-state index contributed by atoms with van der Waals surface area (Å²) in [5, 5.41) is 11.2. The van der Waals surface area contributed by atoms with E-state index in [9.17, 15) is 14.7 Å². The van der Waals surface area contributed by atoms with Crippen LogP contribution in [0.15, 0.2) is 48.5 Å². The molecule has 0 aromatic heterocycles. The molecule has 2 aromatic rings. The number of nitrogens with zero attached hydrogens (tertiary/aromatic N) is 1. The third kappa shape index (κ3) is 4.59. The topological polar surface area (TPSA) is 78.9 Å². The van der Waals surface area contributed by atoms with E-state index in [1.165, 1.54) is 4.90 Å². The summed E-state index contributed by atoms with van der Waals surface area (Å²) < 4.78 is 11.7. The molecule has 1 heterocycles. The van der Waals surface area contributed by atoms with E-state index in [1.54, 1.807) is 0 Å². The molecule has 6 heteroatoms. The van der Waals surface area contributed by atoms with Crippen LogP contribution in [0.5, 0.6) is 0 Å². The largest absolute Gasteiger partial charge is 0.550 e. The molecule has 2 aromatic carbocycles. The molecule has 164 valence electrons. The van der Waals surface area contributed by atoms with Crippen molar-refractivity contribution >= 4 is 12.1 Å². The van der Waals surface area contributed by atoms with Crippen LogP contribution in [-0.2, 0) is 14.3 Å². The smallest absolute Gasteiger partial charge is 0.410 e. The fourth-order valence-corrected chi connectivity index (χ4v) is 4.75. The van der Waals surface area contributed by atoms with E-state index < -0.39 is 18.1 Å². The number of likely N-dealkylation sites (tertiary alicyclic amines) is 1. The van der Waals surface area contributed by atoms with E-state index in [4.69, 9.17) is 9.47 Å². The van der Waals surface area contributed by atoms with Crippen molar-refractivity contribution in [3.63, 3.8) is 0 Å². The van der Waals surface area contributed by atoms with Gasteiger partial charge in [0, 0.05) is 24.3 Å². The van der Waals surface area contributed by atoms with E-state index in [0.717, 1.165) is 22.3 Å². The van der Waals surface area contributed by atoms with Crippen LogP contribution in [0.3, 0.4) is 0 Å². The summed E-state index contributed by atoms with van der Waals surface area (Å²) in [5.74, 6) is -1.22. The van der Waals surface area contributed by atoms with Gasteiger partial charge in [0.1, 0.15) is 6.61 Å². The van der Waals surface area contributed by atoms with Crippen LogP contribution in [0.4, 0.5) is 4.79 Å². The highest BCUT2D eigenvalue weighted by Gasteiger charge is 2.39. The highest BCUT2D eigenvalue weighted by molar-refractivity contribution is 5.79. The number of amides is 1. The van der Waals surface area contributed by atoms with Crippen molar-refractivity contribution in [3.8, 4) is 11.1 Å². The summed E-state index contributed by atoms with van der Waals surface area (Å²) in [6, 6.07) is 15.8. The lowest BCUT2D eigenvalue weighted by atomic mass is 9.98. The Bertz CT molecular complexity index is 934. The van der Waals surface area contributed by atoms with E-state index in [-0.39, 0.29) is 30.7 Å². The predicted molar refractivity (Wildman–Crippen MR) is 114 cm³/mol. The molecule has 1 fully saturated rings. The Hall–Kier alpha value is -2.86. The molecule has 4 rings (SSSR count). The van der Waals surface area contributed by atoms with Crippen LogP contribution in [0.25, 0.3) is 11.1 Å². The Kier molecular flexibility index (Phi) is 5.75. The molecule has 31 heavy (non-hydrogen) atoms. The van der Waals surface area contributed by atoms with E-state index >= 15 is 0 Å². The van der Waals surface area contributed by atoms with Gasteiger partial charge < -0.3 is 24.3 Å². The zero-order valence-electron chi connectivity index (χ0n) is 18.2. The van der Waals surface area contributed by atoms with Gasteiger partial charge in [0.25, 0.3) is 0 Å². The van der Waals surface area contributed by atoms with E-state index in [2.05, 4.69) is 24.3 Å². The van der Waals surface area contributed by atoms with Crippen LogP contribution in [0.1, 0.15) is 50.7 Å². The summed E-state index contributed by atoms with van der Waals surface area (Å²) in [6.45, 7) is 6.34. The van der Waals surface area contributed by atoms with Gasteiger partial charge in [-0.25, -0.2) is 4.79 Å². The molecular weight excluding hydrogens is 394 g/mol. The number of benzene rings is 2. The Morgan fingerprint density at radius 2 is 1.61 bits per heavy atom. The maximum Gasteiger partial charge on any atom is 0.410 e. The number of ether oxygens (including phenoxy) is 2. The Balaban J connectivity index is 1.48. The molecule has 0 unspecified atom stereocenters. The summed E-state index contributed by atoms with van der Waals surface area (Å²) >= 11 is 0. The number of aliphatic carboxylic acids is 1. The number of fused-ring (bicyclic) bond motifs is 3.